The third-order valence-electron chi connectivity index (χ3n) is 9.65. The number of esters is 1. The second-order valence-electron chi connectivity index (χ2n) is 16.3. The van der Waals surface area contributed by atoms with Gasteiger partial charge >= 0.3 is 30.3 Å². The lowest BCUT2D eigenvalue weighted by Gasteiger charge is -2.26. The fourth-order valence-electron chi connectivity index (χ4n) is 6.24. The van der Waals surface area contributed by atoms with Gasteiger partial charge in [-0.15, -0.1) is 0 Å². The standard InChI is InChI=1S/C48H66N6O12/c1-48(2,3)66-47(61)54-39(27-15-18-30-50-45(59)64-33-36-22-10-6-11-23-36)42(56)52-38(26-14-17-29-49-44(58)63-32-35-20-8-5-9-21-35)41(55)53-40(43(57)62-4)28-16-19-31-51-46(60)65-34-37-24-12-7-13-25-37/h5-13,20-25,38-40H,14-19,26-34H2,1-4H3,(H,49,58)(H,50,59)(H,51,60)(H,52,56)(H,53,55)(H,54,61)/t38-,39-,40-/m0/s1. The number of hydrogen-bond acceptors (Lipinski definition) is 12. The molecular weight excluding hydrogens is 853 g/mol. The van der Waals surface area contributed by atoms with E-state index in [0.717, 1.165) is 16.7 Å². The minimum atomic E-state index is -1.18. The molecule has 0 unspecified atom stereocenters. The van der Waals surface area contributed by atoms with Gasteiger partial charge in [-0.05, 0) is 95.2 Å². The van der Waals surface area contributed by atoms with E-state index < -0.39 is 65.9 Å². The summed E-state index contributed by atoms with van der Waals surface area (Å²) in [6.45, 7) is 6.04. The zero-order valence-electron chi connectivity index (χ0n) is 38.4. The van der Waals surface area contributed by atoms with E-state index in [2.05, 4.69) is 31.9 Å². The monoisotopic (exact) mass is 918 g/mol. The molecule has 6 amide bonds. The lowest BCUT2D eigenvalue weighted by molar-refractivity contribution is -0.145. The first-order valence-corrected chi connectivity index (χ1v) is 22.2. The molecule has 0 spiro atoms. The highest BCUT2D eigenvalue weighted by Gasteiger charge is 2.30. The quantitative estimate of drug-likeness (QED) is 0.0280. The molecule has 6 N–H and O–H groups in total. The molecule has 360 valence electrons. The third-order valence-corrected chi connectivity index (χ3v) is 9.65. The summed E-state index contributed by atoms with van der Waals surface area (Å²) in [7, 11) is 1.19. The minimum absolute atomic E-state index is 0.0927. The molecule has 0 bridgehead atoms. The van der Waals surface area contributed by atoms with Crippen molar-refractivity contribution in [2.24, 2.45) is 0 Å². The Bertz CT molecular complexity index is 1930. The van der Waals surface area contributed by atoms with Gasteiger partial charge in [0.2, 0.25) is 11.8 Å². The van der Waals surface area contributed by atoms with E-state index in [1.807, 2.05) is 91.0 Å². The van der Waals surface area contributed by atoms with Gasteiger partial charge in [-0.25, -0.2) is 24.0 Å². The molecule has 0 aromatic heterocycles. The number of alkyl carbamates (subject to hydrolysis) is 4. The van der Waals surface area contributed by atoms with Crippen LogP contribution in [0.3, 0.4) is 0 Å². The molecule has 66 heavy (non-hydrogen) atoms. The lowest BCUT2D eigenvalue weighted by atomic mass is 10.0. The van der Waals surface area contributed by atoms with Crippen LogP contribution in [0.5, 0.6) is 0 Å². The molecular formula is C48H66N6O12. The molecule has 0 fully saturated rings. The predicted octanol–water partition coefficient (Wildman–Crippen LogP) is 6.31. The van der Waals surface area contributed by atoms with E-state index >= 15 is 0 Å². The van der Waals surface area contributed by atoms with Gasteiger partial charge in [-0.2, -0.15) is 0 Å². The summed E-state index contributed by atoms with van der Waals surface area (Å²) in [5, 5.41) is 16.1. The molecule has 0 aliphatic heterocycles. The van der Waals surface area contributed by atoms with Gasteiger partial charge in [0.15, 0.2) is 0 Å². The SMILES string of the molecule is COC(=O)[C@H](CCCCNC(=O)OCc1ccccc1)NC(=O)[C@H](CCCCNC(=O)OCc1ccccc1)NC(=O)[C@H](CCCCNC(=O)OCc1ccccc1)NC(=O)OC(C)(C)C. The highest BCUT2D eigenvalue weighted by molar-refractivity contribution is 5.93. The minimum Gasteiger partial charge on any atom is -0.467 e. The Morgan fingerprint density at radius 2 is 0.788 bits per heavy atom. The van der Waals surface area contributed by atoms with Crippen LogP contribution in [-0.2, 0) is 57.9 Å². The van der Waals surface area contributed by atoms with Crippen molar-refractivity contribution in [3.63, 3.8) is 0 Å². The largest absolute Gasteiger partial charge is 0.467 e. The van der Waals surface area contributed by atoms with Gasteiger partial charge in [0.25, 0.3) is 0 Å². The van der Waals surface area contributed by atoms with E-state index in [1.54, 1.807) is 20.8 Å². The van der Waals surface area contributed by atoms with Crippen LogP contribution < -0.4 is 31.9 Å². The molecule has 0 aliphatic rings. The van der Waals surface area contributed by atoms with Crippen LogP contribution in [-0.4, -0.2) is 92.6 Å². The van der Waals surface area contributed by atoms with E-state index in [9.17, 15) is 33.6 Å². The van der Waals surface area contributed by atoms with E-state index in [0.29, 0.717) is 38.5 Å². The maximum Gasteiger partial charge on any atom is 0.408 e. The van der Waals surface area contributed by atoms with Crippen LogP contribution in [0.1, 0.15) is 95.2 Å². The van der Waals surface area contributed by atoms with Crippen LogP contribution in [0, 0.1) is 0 Å². The van der Waals surface area contributed by atoms with Crippen molar-refractivity contribution < 1.29 is 57.2 Å². The zero-order chi connectivity index (χ0) is 48.0. The number of amides is 6. The molecule has 0 radical (unpaired) electrons. The fourth-order valence-corrected chi connectivity index (χ4v) is 6.24. The normalized spacial score (nSPS) is 12.2. The molecule has 3 rings (SSSR count). The number of ether oxygens (including phenoxy) is 5. The highest BCUT2D eigenvalue weighted by Crippen LogP contribution is 2.12. The average molecular weight is 919 g/mol. The predicted molar refractivity (Wildman–Crippen MR) is 244 cm³/mol. The Hall–Kier alpha value is -6.85. The van der Waals surface area contributed by atoms with Crippen molar-refractivity contribution in [1.29, 1.82) is 0 Å². The van der Waals surface area contributed by atoms with Crippen LogP contribution in [0.25, 0.3) is 0 Å². The average Bonchev–Trinajstić information content (AvgIpc) is 3.30. The number of unbranched alkanes of at least 4 members (excludes halogenated alkanes) is 3. The maximum absolute atomic E-state index is 14.0. The van der Waals surface area contributed by atoms with Crippen LogP contribution >= 0.6 is 0 Å². The van der Waals surface area contributed by atoms with Gasteiger partial charge in [-0.3, -0.25) is 9.59 Å². The van der Waals surface area contributed by atoms with Gasteiger partial charge in [-0.1, -0.05) is 91.0 Å². The Morgan fingerprint density at radius 3 is 1.14 bits per heavy atom. The number of rotatable bonds is 27. The number of benzene rings is 3. The molecule has 18 heteroatoms. The third kappa shape index (κ3) is 23.7. The van der Waals surface area contributed by atoms with Gasteiger partial charge < -0.3 is 55.6 Å². The Morgan fingerprint density at radius 1 is 0.455 bits per heavy atom. The van der Waals surface area contributed by atoms with E-state index in [4.69, 9.17) is 23.7 Å². The molecule has 18 nitrogen and oxygen atoms in total. The number of carbonyl (C=O) groups excluding carboxylic acids is 7. The van der Waals surface area contributed by atoms with E-state index in [-0.39, 0.29) is 58.7 Å². The molecule has 3 aromatic rings. The number of nitrogens with one attached hydrogen (secondary N) is 6. The van der Waals surface area contributed by atoms with Gasteiger partial charge in [0.05, 0.1) is 7.11 Å². The van der Waals surface area contributed by atoms with Gasteiger partial charge in [0.1, 0.15) is 43.5 Å². The van der Waals surface area contributed by atoms with Crippen molar-refractivity contribution in [1.82, 2.24) is 31.9 Å². The van der Waals surface area contributed by atoms with Crippen molar-refractivity contribution in [2.45, 2.75) is 122 Å². The number of carbonyl (C=O) groups is 7. The fraction of sp³-hybridized carbons (Fsp3) is 0.479. The molecule has 0 saturated heterocycles. The second kappa shape index (κ2) is 30.3. The molecule has 0 aliphatic carbocycles. The van der Waals surface area contributed by atoms with E-state index in [1.165, 1.54) is 7.11 Å². The number of methoxy groups -OCH3 is 1. The molecule has 3 aromatic carbocycles. The summed E-state index contributed by atoms with van der Waals surface area (Å²) in [4.78, 5) is 90.5. The second-order valence-corrected chi connectivity index (χ2v) is 16.3. The van der Waals surface area contributed by atoms with Crippen molar-refractivity contribution in [2.75, 3.05) is 26.7 Å². The molecule has 0 heterocycles. The van der Waals surface area contributed by atoms with Crippen molar-refractivity contribution >= 4 is 42.2 Å². The Kier molecular flexibility index (Phi) is 24.6. The topological polar surface area (TPSA) is 238 Å². The Labute approximate surface area is 386 Å². The lowest BCUT2D eigenvalue weighted by Crippen LogP contribution is -2.56. The molecule has 3 atom stereocenters. The summed E-state index contributed by atoms with van der Waals surface area (Å²) in [6.07, 6.45) is 0.128. The van der Waals surface area contributed by atoms with Gasteiger partial charge in [0, 0.05) is 19.6 Å². The van der Waals surface area contributed by atoms with Crippen molar-refractivity contribution in [3.05, 3.63) is 108 Å². The highest BCUT2D eigenvalue weighted by atomic mass is 16.6. The smallest absolute Gasteiger partial charge is 0.408 e. The van der Waals surface area contributed by atoms with Crippen LogP contribution in [0.2, 0.25) is 0 Å². The van der Waals surface area contributed by atoms with Crippen LogP contribution in [0.15, 0.2) is 91.0 Å². The Balaban J connectivity index is 1.62. The first kappa shape index (κ1) is 53.5. The zero-order valence-corrected chi connectivity index (χ0v) is 38.4. The summed E-state index contributed by atoms with van der Waals surface area (Å²) in [5.74, 6) is -2.06. The summed E-state index contributed by atoms with van der Waals surface area (Å²) in [6, 6.07) is 24.2. The van der Waals surface area contributed by atoms with Crippen molar-refractivity contribution in [3.8, 4) is 0 Å². The summed E-state index contributed by atoms with van der Waals surface area (Å²) < 4.78 is 26.2. The van der Waals surface area contributed by atoms with Crippen LogP contribution in [0.4, 0.5) is 19.2 Å². The summed E-state index contributed by atoms with van der Waals surface area (Å²) in [5.41, 5.74) is 1.63. The number of hydrogen-bond donors (Lipinski definition) is 6. The summed E-state index contributed by atoms with van der Waals surface area (Å²) >= 11 is 0. The first-order valence-electron chi connectivity index (χ1n) is 22.2. The first-order chi connectivity index (χ1) is 31.7. The maximum atomic E-state index is 14.0. The molecule has 0 saturated carbocycles.